The zero-order valence-electron chi connectivity index (χ0n) is 9.95. The Bertz CT molecular complexity index is 534. The number of rotatable bonds is 3. The number of fused-ring (bicyclic) bond motifs is 1. The Balaban J connectivity index is 2.37. The molecule has 0 fully saturated rings. The van der Waals surface area contributed by atoms with E-state index >= 15 is 0 Å². The summed E-state index contributed by atoms with van der Waals surface area (Å²) in [6, 6.07) is 1.77. The molecule has 0 aliphatic carbocycles. The van der Waals surface area contributed by atoms with Crippen LogP contribution in [-0.4, -0.2) is 30.1 Å². The molecule has 0 saturated carbocycles. The number of aliphatic carboxylic acids is 1. The summed E-state index contributed by atoms with van der Waals surface area (Å²) in [5.41, 5.74) is 0.0684. The maximum absolute atomic E-state index is 13.7. The summed E-state index contributed by atoms with van der Waals surface area (Å²) in [7, 11) is 0. The van der Waals surface area contributed by atoms with Gasteiger partial charge in [-0.2, -0.15) is 0 Å². The lowest BCUT2D eigenvalue weighted by atomic mass is 10.2. The van der Waals surface area contributed by atoms with E-state index < -0.39 is 17.6 Å². The van der Waals surface area contributed by atoms with E-state index in [1.54, 1.807) is 0 Å². The van der Waals surface area contributed by atoms with Gasteiger partial charge in [0.1, 0.15) is 11.5 Å². The molecule has 2 rings (SSSR count). The van der Waals surface area contributed by atoms with Crippen LogP contribution in [0.4, 0.5) is 20.2 Å². The summed E-state index contributed by atoms with van der Waals surface area (Å²) >= 11 is 0. The SMILES string of the molecule is O=C(O)CCN1CCC(=O)Nc2c(F)cc(F)cc21. The second-order valence-electron chi connectivity index (χ2n) is 4.21. The highest BCUT2D eigenvalue weighted by Crippen LogP contribution is 2.32. The van der Waals surface area contributed by atoms with Gasteiger partial charge in [0.15, 0.2) is 5.82 Å². The Hall–Kier alpha value is -2.18. The molecule has 0 saturated heterocycles. The van der Waals surface area contributed by atoms with E-state index in [1.807, 2.05) is 0 Å². The topological polar surface area (TPSA) is 69.6 Å². The van der Waals surface area contributed by atoms with Gasteiger partial charge in [-0.25, -0.2) is 8.78 Å². The molecule has 1 aliphatic heterocycles. The highest BCUT2D eigenvalue weighted by Gasteiger charge is 2.23. The van der Waals surface area contributed by atoms with Gasteiger partial charge in [-0.15, -0.1) is 0 Å². The number of carboxylic acids is 1. The van der Waals surface area contributed by atoms with E-state index in [0.717, 1.165) is 6.07 Å². The van der Waals surface area contributed by atoms with Crippen LogP contribution in [0.2, 0.25) is 0 Å². The van der Waals surface area contributed by atoms with Gasteiger partial charge in [-0.3, -0.25) is 9.59 Å². The molecule has 1 aliphatic rings. The van der Waals surface area contributed by atoms with Gasteiger partial charge >= 0.3 is 5.97 Å². The first-order valence-corrected chi connectivity index (χ1v) is 5.73. The first kappa shape index (κ1) is 13.3. The van der Waals surface area contributed by atoms with Crippen LogP contribution in [-0.2, 0) is 9.59 Å². The van der Waals surface area contributed by atoms with Gasteiger partial charge in [0.05, 0.1) is 12.1 Å². The summed E-state index contributed by atoms with van der Waals surface area (Å²) in [4.78, 5) is 23.5. The van der Waals surface area contributed by atoms with E-state index in [1.165, 1.54) is 4.90 Å². The number of hydrogen-bond donors (Lipinski definition) is 2. The van der Waals surface area contributed by atoms with Crippen LogP contribution in [0.3, 0.4) is 0 Å². The predicted octanol–water partition coefficient (Wildman–Crippen LogP) is 1.59. The van der Waals surface area contributed by atoms with Crippen LogP contribution in [0.1, 0.15) is 12.8 Å². The Morgan fingerprint density at radius 1 is 1.42 bits per heavy atom. The van der Waals surface area contributed by atoms with Crippen molar-refractivity contribution in [3.63, 3.8) is 0 Å². The fourth-order valence-corrected chi connectivity index (χ4v) is 1.95. The zero-order chi connectivity index (χ0) is 14.0. The number of amides is 1. The summed E-state index contributed by atoms with van der Waals surface area (Å²) in [6.07, 6.45) is -0.0822. The first-order valence-electron chi connectivity index (χ1n) is 5.73. The smallest absolute Gasteiger partial charge is 0.305 e. The molecular weight excluding hydrogens is 258 g/mol. The molecule has 7 heteroatoms. The molecule has 1 heterocycles. The van der Waals surface area contributed by atoms with Crippen LogP contribution in [0.15, 0.2) is 12.1 Å². The minimum atomic E-state index is -1.01. The van der Waals surface area contributed by atoms with Crippen molar-refractivity contribution in [3.8, 4) is 0 Å². The highest BCUT2D eigenvalue weighted by atomic mass is 19.1. The molecule has 1 aromatic carbocycles. The van der Waals surface area contributed by atoms with Crippen molar-refractivity contribution in [1.29, 1.82) is 0 Å². The van der Waals surface area contributed by atoms with Gasteiger partial charge in [-0.05, 0) is 6.07 Å². The molecule has 5 nitrogen and oxygen atoms in total. The number of benzene rings is 1. The average Bonchev–Trinajstić information content (AvgIpc) is 2.47. The standard InChI is InChI=1S/C12H12F2N2O3/c13-7-5-8(14)12-9(6-7)16(4-2-11(18)19)3-1-10(17)15-12/h5-6H,1-4H2,(H,15,17)(H,18,19). The molecule has 0 radical (unpaired) electrons. The maximum Gasteiger partial charge on any atom is 0.305 e. The molecule has 1 amide bonds. The van der Waals surface area contributed by atoms with E-state index in [4.69, 9.17) is 5.11 Å². The van der Waals surface area contributed by atoms with Crippen LogP contribution in [0.25, 0.3) is 0 Å². The lowest BCUT2D eigenvalue weighted by molar-refractivity contribution is -0.136. The number of halogens is 2. The fraction of sp³-hybridized carbons (Fsp3) is 0.333. The molecule has 0 spiro atoms. The lowest BCUT2D eigenvalue weighted by Crippen LogP contribution is -2.27. The van der Waals surface area contributed by atoms with Gasteiger partial charge in [0.25, 0.3) is 0 Å². The van der Waals surface area contributed by atoms with Gasteiger partial charge in [-0.1, -0.05) is 0 Å². The largest absolute Gasteiger partial charge is 0.481 e. The third-order valence-electron chi connectivity index (χ3n) is 2.84. The van der Waals surface area contributed by atoms with Crippen molar-refractivity contribution in [2.75, 3.05) is 23.3 Å². The molecule has 0 atom stereocenters. The number of anilines is 2. The van der Waals surface area contributed by atoms with Crippen LogP contribution in [0.5, 0.6) is 0 Å². The molecular formula is C12H12F2N2O3. The number of carboxylic acid groups (broad SMARTS) is 1. The number of hydrogen-bond acceptors (Lipinski definition) is 3. The molecule has 1 aromatic rings. The predicted molar refractivity (Wildman–Crippen MR) is 64.1 cm³/mol. The maximum atomic E-state index is 13.7. The Morgan fingerprint density at radius 2 is 2.16 bits per heavy atom. The third kappa shape index (κ3) is 2.98. The highest BCUT2D eigenvalue weighted by molar-refractivity contribution is 5.96. The normalized spacial score (nSPS) is 14.6. The van der Waals surface area contributed by atoms with Crippen LogP contribution < -0.4 is 10.2 Å². The number of carbonyl (C=O) groups is 2. The zero-order valence-corrected chi connectivity index (χ0v) is 9.95. The van der Waals surface area contributed by atoms with Crippen molar-refractivity contribution < 1.29 is 23.5 Å². The van der Waals surface area contributed by atoms with Crippen LogP contribution >= 0.6 is 0 Å². The first-order chi connectivity index (χ1) is 8.97. The number of nitrogens with one attached hydrogen (secondary N) is 1. The second-order valence-corrected chi connectivity index (χ2v) is 4.21. The molecule has 102 valence electrons. The van der Waals surface area contributed by atoms with E-state index in [2.05, 4.69) is 5.32 Å². The van der Waals surface area contributed by atoms with Gasteiger partial charge in [0, 0.05) is 25.6 Å². The van der Waals surface area contributed by atoms with Crippen molar-refractivity contribution in [2.45, 2.75) is 12.8 Å². The Labute approximate surface area is 107 Å². The molecule has 0 bridgehead atoms. The summed E-state index contributed by atoms with van der Waals surface area (Å²) in [5, 5.41) is 11.0. The van der Waals surface area contributed by atoms with Crippen LogP contribution in [0, 0.1) is 11.6 Å². The molecule has 2 N–H and O–H groups in total. The third-order valence-corrected chi connectivity index (χ3v) is 2.84. The average molecular weight is 270 g/mol. The Morgan fingerprint density at radius 3 is 2.84 bits per heavy atom. The van der Waals surface area contributed by atoms with Crippen molar-refractivity contribution >= 4 is 23.3 Å². The van der Waals surface area contributed by atoms with E-state index in [0.29, 0.717) is 6.07 Å². The minimum Gasteiger partial charge on any atom is -0.481 e. The van der Waals surface area contributed by atoms with Gasteiger partial charge in [0.2, 0.25) is 5.91 Å². The number of nitrogens with zero attached hydrogens (tertiary/aromatic N) is 1. The van der Waals surface area contributed by atoms with E-state index in [-0.39, 0.29) is 43.2 Å². The summed E-state index contributed by atoms with van der Waals surface area (Å²) in [5.74, 6) is -3.04. The minimum absolute atomic E-state index is 0.0835. The fourth-order valence-electron chi connectivity index (χ4n) is 1.95. The monoisotopic (exact) mass is 270 g/mol. The molecule has 0 unspecified atom stereocenters. The van der Waals surface area contributed by atoms with E-state index in [9.17, 15) is 18.4 Å². The van der Waals surface area contributed by atoms with Crippen molar-refractivity contribution in [2.24, 2.45) is 0 Å². The van der Waals surface area contributed by atoms with Crippen molar-refractivity contribution in [3.05, 3.63) is 23.8 Å². The summed E-state index contributed by atoms with van der Waals surface area (Å²) in [6.45, 7) is 0.301. The lowest BCUT2D eigenvalue weighted by Gasteiger charge is -2.23. The van der Waals surface area contributed by atoms with Gasteiger partial charge < -0.3 is 15.3 Å². The Kier molecular flexibility index (Phi) is 3.64. The molecule has 19 heavy (non-hydrogen) atoms. The quantitative estimate of drug-likeness (QED) is 0.875. The van der Waals surface area contributed by atoms with Crippen molar-refractivity contribution in [1.82, 2.24) is 0 Å². The number of carbonyl (C=O) groups excluding carboxylic acids is 1. The summed E-state index contributed by atoms with van der Waals surface area (Å²) < 4.78 is 26.9. The molecule has 0 aromatic heterocycles. The second kappa shape index (κ2) is 5.21.